The largest absolute Gasteiger partial charge is 0.467 e. The lowest BCUT2D eigenvalue weighted by atomic mass is 10.1. The van der Waals surface area contributed by atoms with E-state index >= 15 is 0 Å². The molecule has 2 amide bonds. The topological polar surface area (TPSA) is 65.8 Å². The minimum absolute atomic E-state index is 0.0103. The zero-order chi connectivity index (χ0) is 21.6. The van der Waals surface area contributed by atoms with Crippen LogP contribution in [-0.2, 0) is 22.6 Å². The quantitative estimate of drug-likeness (QED) is 0.547. The molecule has 4 rings (SSSR count). The highest BCUT2D eigenvalue weighted by Gasteiger charge is 2.43. The lowest BCUT2D eigenvalue weighted by molar-refractivity contribution is -0.130. The fraction of sp³-hybridized carbons (Fsp3) is 0.208. The number of amides is 2. The first-order valence-electron chi connectivity index (χ1n) is 10.1. The number of rotatable bonds is 8. The predicted molar refractivity (Wildman–Crippen MR) is 122 cm³/mol. The fourth-order valence-electron chi connectivity index (χ4n) is 3.64. The van der Waals surface area contributed by atoms with Gasteiger partial charge in [0, 0.05) is 12.2 Å². The molecule has 7 heteroatoms. The van der Waals surface area contributed by atoms with Crippen LogP contribution < -0.4 is 5.32 Å². The van der Waals surface area contributed by atoms with Crippen molar-refractivity contribution in [2.75, 3.05) is 11.9 Å². The summed E-state index contributed by atoms with van der Waals surface area (Å²) in [5, 5.41) is 3.28. The molecule has 1 fully saturated rings. The number of carbonyl (C=O) groups excluding carboxylic acids is 2. The first kappa shape index (κ1) is 20.8. The molecule has 1 aliphatic rings. The van der Waals surface area contributed by atoms with Gasteiger partial charge in [-0.05, 0) is 48.5 Å². The van der Waals surface area contributed by atoms with Gasteiger partial charge in [-0.1, -0.05) is 48.5 Å². The van der Waals surface area contributed by atoms with Crippen molar-refractivity contribution < 1.29 is 14.0 Å². The number of nitrogens with one attached hydrogen (secondary N) is 1. The Morgan fingerprint density at radius 3 is 2.39 bits per heavy atom. The van der Waals surface area contributed by atoms with Crippen LogP contribution in [0, 0.1) is 0 Å². The van der Waals surface area contributed by atoms with Crippen molar-refractivity contribution in [3.63, 3.8) is 0 Å². The van der Waals surface area contributed by atoms with E-state index in [2.05, 4.69) is 5.32 Å². The number of hydrogen-bond donors (Lipinski definition) is 1. The number of anilines is 1. The molecule has 0 saturated carbocycles. The molecule has 158 valence electrons. The minimum Gasteiger partial charge on any atom is -0.467 e. The van der Waals surface area contributed by atoms with E-state index in [1.54, 1.807) is 22.1 Å². The van der Waals surface area contributed by atoms with Crippen LogP contribution in [0.15, 0.2) is 83.5 Å². The van der Waals surface area contributed by atoms with E-state index in [4.69, 9.17) is 16.6 Å². The number of para-hydroxylation sites is 1. The van der Waals surface area contributed by atoms with Crippen molar-refractivity contribution in [2.24, 2.45) is 0 Å². The minimum atomic E-state index is -0.669. The van der Waals surface area contributed by atoms with Gasteiger partial charge in [0.2, 0.25) is 5.91 Å². The van der Waals surface area contributed by atoms with Crippen LogP contribution in [0.2, 0.25) is 0 Å². The molecule has 6 nitrogen and oxygen atoms in total. The van der Waals surface area contributed by atoms with Crippen LogP contribution in [0.4, 0.5) is 5.69 Å². The molecule has 1 N–H and O–H groups in total. The summed E-state index contributed by atoms with van der Waals surface area (Å²) >= 11 is 5.64. The molecule has 2 heterocycles. The summed E-state index contributed by atoms with van der Waals surface area (Å²) in [7, 11) is 0. The highest BCUT2D eigenvalue weighted by Crippen LogP contribution is 2.24. The van der Waals surface area contributed by atoms with Gasteiger partial charge in [-0.3, -0.25) is 14.5 Å². The maximum absolute atomic E-state index is 13.3. The Balaban J connectivity index is 1.49. The van der Waals surface area contributed by atoms with E-state index in [-0.39, 0.29) is 18.2 Å². The second-order valence-corrected chi connectivity index (χ2v) is 7.71. The third kappa shape index (κ3) is 5.00. The molecule has 31 heavy (non-hydrogen) atoms. The first-order chi connectivity index (χ1) is 15.1. The molecule has 0 unspecified atom stereocenters. The highest BCUT2D eigenvalue weighted by atomic mass is 32.1. The van der Waals surface area contributed by atoms with E-state index in [0.717, 1.165) is 5.56 Å². The maximum atomic E-state index is 13.3. The van der Waals surface area contributed by atoms with Gasteiger partial charge in [-0.25, -0.2) is 0 Å². The van der Waals surface area contributed by atoms with Crippen molar-refractivity contribution in [1.29, 1.82) is 0 Å². The van der Waals surface area contributed by atoms with Gasteiger partial charge >= 0.3 is 0 Å². The second kappa shape index (κ2) is 9.57. The van der Waals surface area contributed by atoms with Gasteiger partial charge in [-0.2, -0.15) is 0 Å². The first-order valence-corrected chi connectivity index (χ1v) is 10.6. The van der Waals surface area contributed by atoms with E-state index < -0.39 is 6.04 Å². The summed E-state index contributed by atoms with van der Waals surface area (Å²) in [5.41, 5.74) is 1.82. The van der Waals surface area contributed by atoms with Crippen LogP contribution >= 0.6 is 12.2 Å². The zero-order valence-corrected chi connectivity index (χ0v) is 17.8. The Bertz CT molecular complexity index is 1040. The van der Waals surface area contributed by atoms with Gasteiger partial charge in [0.05, 0.1) is 19.2 Å². The summed E-state index contributed by atoms with van der Waals surface area (Å²) in [5.74, 6) is 0.297. The molecule has 1 saturated heterocycles. The van der Waals surface area contributed by atoms with Crippen molar-refractivity contribution in [2.45, 2.75) is 25.4 Å². The van der Waals surface area contributed by atoms with Crippen LogP contribution in [0.3, 0.4) is 0 Å². The second-order valence-electron chi connectivity index (χ2n) is 7.35. The Morgan fingerprint density at radius 2 is 1.71 bits per heavy atom. The van der Waals surface area contributed by atoms with Crippen LogP contribution in [-0.4, -0.2) is 39.3 Å². The smallest absolute Gasteiger partial charge is 0.252 e. The number of hydrogen-bond acceptors (Lipinski definition) is 4. The number of nitrogens with zero attached hydrogens (tertiary/aromatic N) is 2. The van der Waals surface area contributed by atoms with Crippen molar-refractivity contribution in [3.05, 3.63) is 90.4 Å². The van der Waals surface area contributed by atoms with Gasteiger partial charge in [0.1, 0.15) is 11.8 Å². The summed E-state index contributed by atoms with van der Waals surface area (Å²) in [6, 6.07) is 22.1. The van der Waals surface area contributed by atoms with Crippen molar-refractivity contribution in [3.8, 4) is 0 Å². The summed E-state index contributed by atoms with van der Waals surface area (Å²) in [6.45, 7) is 0.801. The summed E-state index contributed by atoms with van der Waals surface area (Å²) in [4.78, 5) is 29.3. The third-order valence-electron chi connectivity index (χ3n) is 5.21. The van der Waals surface area contributed by atoms with Crippen LogP contribution in [0.5, 0.6) is 0 Å². The van der Waals surface area contributed by atoms with Crippen LogP contribution in [0.1, 0.15) is 17.7 Å². The van der Waals surface area contributed by atoms with Gasteiger partial charge < -0.3 is 14.6 Å². The van der Waals surface area contributed by atoms with E-state index in [9.17, 15) is 9.59 Å². The fourth-order valence-corrected chi connectivity index (χ4v) is 4.02. The average Bonchev–Trinajstić information content (AvgIpc) is 3.37. The van der Waals surface area contributed by atoms with Gasteiger partial charge in [0.25, 0.3) is 5.91 Å². The number of thiocarbonyl (C=S) groups is 1. The predicted octanol–water partition coefficient (Wildman–Crippen LogP) is 3.85. The third-order valence-corrected chi connectivity index (χ3v) is 5.67. The Kier molecular flexibility index (Phi) is 6.43. The molecule has 1 atom stereocenters. The summed E-state index contributed by atoms with van der Waals surface area (Å²) in [6.07, 6.45) is 2.28. The Labute approximate surface area is 186 Å². The standard InChI is InChI=1S/C24H23N3O3S/c28-22(25-19-10-5-2-6-11-19)16-21-23(29)26(14-13-18-8-3-1-4-9-18)24(31)27(21)17-20-12-7-15-30-20/h1-12,15,21H,13-14,16-17H2,(H,25,28)/t21-/m0/s1. The molecule has 0 radical (unpaired) electrons. The van der Waals surface area contributed by atoms with Crippen molar-refractivity contribution >= 4 is 34.8 Å². The monoisotopic (exact) mass is 433 g/mol. The number of benzene rings is 2. The van der Waals surface area contributed by atoms with E-state index in [0.29, 0.717) is 36.1 Å². The Hall–Kier alpha value is -3.45. The average molecular weight is 434 g/mol. The van der Waals surface area contributed by atoms with E-state index in [1.807, 2.05) is 66.7 Å². The molecule has 1 aliphatic heterocycles. The lowest BCUT2D eigenvalue weighted by Gasteiger charge is -2.22. The molecule has 2 aromatic carbocycles. The number of carbonyl (C=O) groups is 2. The number of furan rings is 1. The Morgan fingerprint density at radius 1 is 1.00 bits per heavy atom. The van der Waals surface area contributed by atoms with Crippen molar-refractivity contribution in [1.82, 2.24) is 9.80 Å². The molecule has 0 spiro atoms. The molecular weight excluding hydrogens is 410 g/mol. The highest BCUT2D eigenvalue weighted by molar-refractivity contribution is 7.80. The van der Waals surface area contributed by atoms with E-state index in [1.165, 1.54) is 0 Å². The molecule has 3 aromatic rings. The molecule has 0 bridgehead atoms. The maximum Gasteiger partial charge on any atom is 0.252 e. The SMILES string of the molecule is O=C(C[C@H]1C(=O)N(CCc2ccccc2)C(=S)N1Cc1ccco1)Nc1ccccc1. The molecule has 0 aliphatic carbocycles. The molecule has 1 aromatic heterocycles. The zero-order valence-electron chi connectivity index (χ0n) is 16.9. The molecular formula is C24H23N3O3S. The van der Waals surface area contributed by atoms with Gasteiger partial charge in [-0.15, -0.1) is 0 Å². The van der Waals surface area contributed by atoms with Crippen LogP contribution in [0.25, 0.3) is 0 Å². The lowest BCUT2D eigenvalue weighted by Crippen LogP contribution is -2.37. The van der Waals surface area contributed by atoms with Gasteiger partial charge in [0.15, 0.2) is 5.11 Å². The normalized spacial score (nSPS) is 16.1. The summed E-state index contributed by atoms with van der Waals surface area (Å²) < 4.78 is 5.46.